The molecule has 2 fully saturated rings. The molecule has 0 aliphatic carbocycles. The molecule has 2 rings (SSSR count). The van der Waals surface area contributed by atoms with Gasteiger partial charge >= 0.3 is 0 Å². The largest absolute Gasteiger partial charge is 0.300 e. The summed E-state index contributed by atoms with van der Waals surface area (Å²) in [6, 6.07) is 0. The van der Waals surface area contributed by atoms with Gasteiger partial charge in [0.1, 0.15) is 0 Å². The molecule has 0 aromatic heterocycles. The fourth-order valence-electron chi connectivity index (χ4n) is 3.80. The molecule has 0 aromatic rings. The van der Waals surface area contributed by atoms with Crippen molar-refractivity contribution in [3.8, 4) is 0 Å². The van der Waals surface area contributed by atoms with E-state index >= 15 is 0 Å². The third kappa shape index (κ3) is 10.9. The normalized spacial score (nSPS) is 25.8. The molecule has 2 heterocycles. The van der Waals surface area contributed by atoms with Crippen LogP contribution in [0.4, 0.5) is 0 Å². The maximum Gasteiger partial charge on any atom is 0.0110 e. The second-order valence-electron chi connectivity index (χ2n) is 7.38. The van der Waals surface area contributed by atoms with Gasteiger partial charge in [-0.05, 0) is 0 Å². The molecule has 2 bridgehead atoms. The van der Waals surface area contributed by atoms with Crippen LogP contribution in [-0.2, 0) is 20.1 Å². The Hall–Kier alpha value is 1.50. The van der Waals surface area contributed by atoms with E-state index in [1.54, 1.807) is 0 Å². The predicted molar refractivity (Wildman–Crippen MR) is 124 cm³/mol. The second kappa shape index (κ2) is 16.2. The Morgan fingerprint density at radius 3 is 1.33 bits per heavy atom. The van der Waals surface area contributed by atoms with Crippen molar-refractivity contribution < 1.29 is 20.1 Å². The maximum absolute atomic E-state index is 4.43. The zero-order valence-corrected chi connectivity index (χ0v) is 21.2. The second-order valence-corrected chi connectivity index (χ2v) is 8.72. The summed E-state index contributed by atoms with van der Waals surface area (Å²) in [6.07, 6.45) is 0. The Morgan fingerprint density at radius 1 is 0.519 bits per heavy atom. The van der Waals surface area contributed by atoms with Crippen molar-refractivity contribution >= 4 is 37.9 Å². The Labute approximate surface area is 197 Å². The van der Waals surface area contributed by atoms with Gasteiger partial charge in [-0.1, -0.05) is 0 Å². The minimum Gasteiger partial charge on any atom is -0.300 e. The van der Waals surface area contributed by atoms with Crippen molar-refractivity contribution in [2.75, 3.05) is 115 Å². The van der Waals surface area contributed by atoms with Crippen molar-refractivity contribution in [3.05, 3.63) is 0 Å². The van der Waals surface area contributed by atoms with Gasteiger partial charge in [0.2, 0.25) is 0 Å². The van der Waals surface area contributed by atoms with Crippen molar-refractivity contribution in [2.45, 2.75) is 0 Å². The first-order valence-electron chi connectivity index (χ1n) is 10.2. The minimum atomic E-state index is 0. The van der Waals surface area contributed by atoms with E-state index in [-0.39, 0.29) is 20.1 Å². The Balaban J connectivity index is 0.00000364. The number of thiol groups is 3. The van der Waals surface area contributed by atoms with Gasteiger partial charge in [0.25, 0.3) is 0 Å². The Kier molecular flexibility index (Phi) is 15.9. The first-order chi connectivity index (χ1) is 12.7. The van der Waals surface area contributed by atoms with E-state index in [4.69, 9.17) is 0 Å². The minimum absolute atomic E-state index is 0. The average Bonchev–Trinajstić information content (AvgIpc) is 2.79. The molecule has 1 radical (unpaired) electrons. The van der Waals surface area contributed by atoms with Crippen molar-refractivity contribution in [2.24, 2.45) is 0 Å². The molecule has 0 saturated carbocycles. The van der Waals surface area contributed by atoms with Crippen LogP contribution in [0.2, 0.25) is 0 Å². The van der Waals surface area contributed by atoms with Gasteiger partial charge in [-0.3, -0.25) is 19.6 Å². The molecule has 2 aliphatic rings. The first kappa shape index (κ1) is 26.5. The number of fused-ring (bicyclic) bond motifs is 3. The van der Waals surface area contributed by atoms with E-state index in [2.05, 4.69) is 62.4 Å². The van der Waals surface area contributed by atoms with Crippen LogP contribution in [0, 0.1) is 0 Å². The van der Waals surface area contributed by atoms with Crippen LogP contribution in [0.15, 0.2) is 0 Å². The van der Waals surface area contributed by atoms with Crippen LogP contribution in [0.25, 0.3) is 0 Å². The monoisotopic (exact) mass is 518 g/mol. The van der Waals surface area contributed by atoms with Crippen LogP contribution in [0.5, 0.6) is 0 Å². The zero-order chi connectivity index (χ0) is 18.6. The van der Waals surface area contributed by atoms with E-state index in [0.717, 1.165) is 50.0 Å². The molecule has 2 saturated heterocycles. The number of rotatable bonds is 9. The average molecular weight is 520 g/mol. The van der Waals surface area contributed by atoms with Gasteiger partial charge in [-0.25, -0.2) is 0 Å². The molecule has 5 nitrogen and oxygen atoms in total. The number of hydrogen-bond acceptors (Lipinski definition) is 8. The van der Waals surface area contributed by atoms with Crippen LogP contribution >= 0.6 is 37.9 Å². The molecule has 2 atom stereocenters. The van der Waals surface area contributed by atoms with E-state index in [9.17, 15) is 0 Å². The summed E-state index contributed by atoms with van der Waals surface area (Å²) in [5, 5.41) is 0. The molecular formula is C18H39N5S3Tc. The molecule has 27 heavy (non-hydrogen) atoms. The molecule has 0 spiro atoms. The van der Waals surface area contributed by atoms with Crippen LogP contribution in [-0.4, -0.2) is 140 Å². The molecule has 161 valence electrons. The molecule has 2 unspecified atom stereocenters. The quantitative estimate of drug-likeness (QED) is 0.379. The summed E-state index contributed by atoms with van der Waals surface area (Å²) in [7, 11) is 0. The third-order valence-electron chi connectivity index (χ3n) is 5.64. The fraction of sp³-hybridized carbons (Fsp3) is 1.00. The van der Waals surface area contributed by atoms with Crippen molar-refractivity contribution in [1.29, 1.82) is 0 Å². The summed E-state index contributed by atoms with van der Waals surface area (Å²) in [6.45, 7) is 17.5. The molecular weight excluding hydrogens is 480 g/mol. The number of nitrogens with zero attached hydrogens (tertiary/aromatic N) is 5. The van der Waals surface area contributed by atoms with E-state index in [1.165, 1.54) is 65.4 Å². The van der Waals surface area contributed by atoms with Crippen LogP contribution in [0.1, 0.15) is 0 Å². The molecule has 0 aromatic carbocycles. The Bertz CT molecular complexity index is 344. The van der Waals surface area contributed by atoms with Gasteiger partial charge in [0.05, 0.1) is 0 Å². The topological polar surface area (TPSA) is 16.2 Å². The van der Waals surface area contributed by atoms with Gasteiger partial charge in [-0.15, -0.1) is 0 Å². The predicted octanol–water partition coefficient (Wildman–Crippen LogP) is 0.311. The maximum atomic E-state index is 4.43. The SMILES string of the molecule is SCCN(CCS)CCN1CCN2CCN(CCS)CCN(CC1)CC2.[Tc]. The molecule has 0 N–H and O–H groups in total. The van der Waals surface area contributed by atoms with Gasteiger partial charge in [0, 0.05) is 136 Å². The van der Waals surface area contributed by atoms with Gasteiger partial charge in [0.15, 0.2) is 0 Å². The fourth-order valence-corrected chi connectivity index (χ4v) is 4.65. The number of hydrogen-bond donors (Lipinski definition) is 3. The summed E-state index contributed by atoms with van der Waals surface area (Å²) in [5.74, 6) is 2.82. The molecule has 0 amide bonds. The smallest absolute Gasteiger partial charge is 0.0110 e. The standard InChI is InChI=1S/C18H39N5S3.Tc/c24-16-13-22-10-7-19-1-2-20(8-11-22)4-6-21(5-3-19)9-12-23(14-17-25)15-18-26;/h24-26H,1-18H2;. The van der Waals surface area contributed by atoms with E-state index in [1.807, 2.05) is 0 Å². The molecule has 2 aliphatic heterocycles. The van der Waals surface area contributed by atoms with Gasteiger partial charge < -0.3 is 4.90 Å². The van der Waals surface area contributed by atoms with E-state index in [0.29, 0.717) is 0 Å². The van der Waals surface area contributed by atoms with Crippen molar-refractivity contribution in [1.82, 2.24) is 24.5 Å². The first-order valence-corrected chi connectivity index (χ1v) is 12.1. The summed E-state index contributed by atoms with van der Waals surface area (Å²) in [5.41, 5.74) is 0. The summed E-state index contributed by atoms with van der Waals surface area (Å²) in [4.78, 5) is 13.1. The Morgan fingerprint density at radius 2 is 0.926 bits per heavy atom. The summed E-state index contributed by atoms with van der Waals surface area (Å²) >= 11 is 13.2. The van der Waals surface area contributed by atoms with Crippen molar-refractivity contribution in [3.63, 3.8) is 0 Å². The van der Waals surface area contributed by atoms with Gasteiger partial charge in [-0.2, -0.15) is 37.9 Å². The van der Waals surface area contributed by atoms with E-state index < -0.39 is 0 Å². The zero-order valence-electron chi connectivity index (χ0n) is 16.7. The third-order valence-corrected chi connectivity index (χ3v) is 6.24. The van der Waals surface area contributed by atoms with Crippen LogP contribution < -0.4 is 0 Å². The summed E-state index contributed by atoms with van der Waals surface area (Å²) < 4.78 is 0. The molecule has 9 heteroatoms. The van der Waals surface area contributed by atoms with Crippen LogP contribution in [0.3, 0.4) is 0 Å².